The fourth-order valence-electron chi connectivity index (χ4n) is 3.29. The van der Waals surface area contributed by atoms with Crippen LogP contribution in [0.3, 0.4) is 0 Å². The Balaban J connectivity index is 2.04. The second-order valence-corrected chi connectivity index (χ2v) is 6.69. The van der Waals surface area contributed by atoms with E-state index < -0.39 is 29.9 Å². The lowest BCUT2D eigenvalue weighted by atomic mass is 9.83. The fourth-order valence-corrected chi connectivity index (χ4v) is 3.29. The van der Waals surface area contributed by atoms with Crippen molar-refractivity contribution in [2.75, 3.05) is 6.54 Å². The van der Waals surface area contributed by atoms with Crippen LogP contribution in [-0.2, 0) is 19.2 Å². The molecule has 0 aromatic rings. The van der Waals surface area contributed by atoms with Crippen LogP contribution in [0.5, 0.6) is 0 Å². The molecule has 1 aliphatic heterocycles. The molecular formula is C16H26N4O4. The average molecular weight is 338 g/mol. The van der Waals surface area contributed by atoms with Gasteiger partial charge in [0.1, 0.15) is 17.9 Å². The third-order valence-corrected chi connectivity index (χ3v) is 4.78. The van der Waals surface area contributed by atoms with E-state index >= 15 is 0 Å². The second-order valence-electron chi connectivity index (χ2n) is 6.69. The lowest BCUT2D eigenvalue weighted by Gasteiger charge is -2.31. The third kappa shape index (κ3) is 4.77. The fraction of sp³-hybridized carbons (Fsp3) is 0.750. The second kappa shape index (κ2) is 8.23. The van der Waals surface area contributed by atoms with Gasteiger partial charge in [0.2, 0.25) is 17.7 Å². The van der Waals surface area contributed by atoms with E-state index in [1.807, 2.05) is 0 Å². The van der Waals surface area contributed by atoms with Gasteiger partial charge in [-0.1, -0.05) is 19.3 Å². The van der Waals surface area contributed by atoms with Gasteiger partial charge in [0.05, 0.1) is 12.6 Å². The first-order chi connectivity index (χ1) is 11.4. The zero-order valence-corrected chi connectivity index (χ0v) is 14.0. The van der Waals surface area contributed by atoms with Crippen molar-refractivity contribution in [1.29, 1.82) is 0 Å². The minimum Gasteiger partial charge on any atom is -0.368 e. The van der Waals surface area contributed by atoms with Crippen LogP contribution in [0.1, 0.15) is 45.4 Å². The maximum atomic E-state index is 12.6. The third-order valence-electron chi connectivity index (χ3n) is 4.78. The van der Waals surface area contributed by atoms with Gasteiger partial charge in [0.15, 0.2) is 0 Å². The van der Waals surface area contributed by atoms with E-state index in [0.29, 0.717) is 0 Å². The minimum atomic E-state index is -0.799. The van der Waals surface area contributed by atoms with E-state index in [0.717, 1.165) is 32.1 Å². The monoisotopic (exact) mass is 338 g/mol. The average Bonchev–Trinajstić information content (AvgIpc) is 2.99. The molecule has 1 saturated carbocycles. The minimum absolute atomic E-state index is 0.0174. The molecule has 1 saturated heterocycles. The Morgan fingerprint density at radius 2 is 1.83 bits per heavy atom. The van der Waals surface area contributed by atoms with Crippen LogP contribution in [0, 0.1) is 5.92 Å². The molecule has 24 heavy (non-hydrogen) atoms. The number of ketones is 1. The lowest BCUT2D eigenvalue weighted by Crippen LogP contribution is -2.57. The Hall–Kier alpha value is -1.96. The molecule has 0 radical (unpaired) electrons. The number of rotatable bonds is 6. The zero-order chi connectivity index (χ0) is 17.7. The van der Waals surface area contributed by atoms with Gasteiger partial charge in [-0.05, 0) is 25.7 Å². The van der Waals surface area contributed by atoms with Crippen molar-refractivity contribution in [2.45, 2.75) is 63.6 Å². The molecule has 0 spiro atoms. The molecule has 5 N–H and O–H groups in total. The lowest BCUT2D eigenvalue weighted by molar-refractivity contribution is -0.133. The van der Waals surface area contributed by atoms with Crippen molar-refractivity contribution in [3.8, 4) is 0 Å². The predicted molar refractivity (Wildman–Crippen MR) is 86.7 cm³/mol. The molecule has 134 valence electrons. The van der Waals surface area contributed by atoms with E-state index in [9.17, 15) is 19.2 Å². The predicted octanol–water partition coefficient (Wildman–Crippen LogP) is -1.03. The summed E-state index contributed by atoms with van der Waals surface area (Å²) >= 11 is 0. The van der Waals surface area contributed by atoms with Gasteiger partial charge in [-0.3, -0.25) is 24.5 Å². The summed E-state index contributed by atoms with van der Waals surface area (Å²) in [5.41, 5.74) is 5.19. The quantitative estimate of drug-likeness (QED) is 0.492. The zero-order valence-electron chi connectivity index (χ0n) is 14.0. The van der Waals surface area contributed by atoms with Crippen LogP contribution in [0.4, 0.5) is 0 Å². The normalized spacial score (nSPS) is 24.2. The Morgan fingerprint density at radius 1 is 1.17 bits per heavy atom. The van der Waals surface area contributed by atoms with Crippen molar-refractivity contribution in [3.05, 3.63) is 0 Å². The number of Topliss-reactive ketones (excluding diaryl/α,β-unsaturated/α-hetero) is 1. The van der Waals surface area contributed by atoms with Crippen LogP contribution < -0.4 is 21.7 Å². The molecule has 2 fully saturated rings. The molecule has 8 nitrogen and oxygen atoms in total. The number of hydrogen-bond acceptors (Lipinski definition) is 5. The number of hydrogen-bond donors (Lipinski definition) is 4. The summed E-state index contributed by atoms with van der Waals surface area (Å²) in [5.74, 6) is -1.36. The highest BCUT2D eigenvalue weighted by Gasteiger charge is 2.35. The summed E-state index contributed by atoms with van der Waals surface area (Å²) in [7, 11) is 0. The van der Waals surface area contributed by atoms with Gasteiger partial charge in [0.25, 0.3) is 0 Å². The first kappa shape index (κ1) is 18.4. The molecule has 1 aliphatic carbocycles. The van der Waals surface area contributed by atoms with Crippen molar-refractivity contribution in [1.82, 2.24) is 16.0 Å². The number of amides is 3. The number of primary amides is 1. The maximum Gasteiger partial charge on any atom is 0.243 e. The molecule has 2 rings (SSSR count). The number of nitrogens with one attached hydrogen (secondary N) is 3. The highest BCUT2D eigenvalue weighted by molar-refractivity contribution is 5.96. The summed E-state index contributed by atoms with van der Waals surface area (Å²) < 4.78 is 0. The van der Waals surface area contributed by atoms with Gasteiger partial charge < -0.3 is 16.4 Å². The van der Waals surface area contributed by atoms with Crippen LogP contribution >= 0.6 is 0 Å². The first-order valence-corrected chi connectivity index (χ1v) is 8.53. The molecule has 3 atom stereocenters. The molecule has 3 amide bonds. The van der Waals surface area contributed by atoms with Crippen molar-refractivity contribution < 1.29 is 19.2 Å². The maximum absolute atomic E-state index is 12.6. The van der Waals surface area contributed by atoms with E-state index in [-0.39, 0.29) is 30.6 Å². The van der Waals surface area contributed by atoms with Gasteiger partial charge in [-0.25, -0.2) is 0 Å². The molecule has 8 heteroatoms. The van der Waals surface area contributed by atoms with Crippen LogP contribution in [0.25, 0.3) is 0 Å². The van der Waals surface area contributed by atoms with Crippen molar-refractivity contribution in [2.24, 2.45) is 11.7 Å². The van der Waals surface area contributed by atoms with Crippen molar-refractivity contribution in [3.63, 3.8) is 0 Å². The number of carbonyl (C=O) groups is 4. The molecule has 0 aromatic heterocycles. The van der Waals surface area contributed by atoms with E-state index in [1.54, 1.807) is 0 Å². The Kier molecular flexibility index (Phi) is 6.30. The number of nitrogens with two attached hydrogens (primary N) is 1. The summed E-state index contributed by atoms with van der Waals surface area (Å²) in [4.78, 5) is 47.4. The van der Waals surface area contributed by atoms with E-state index in [4.69, 9.17) is 5.73 Å². The highest BCUT2D eigenvalue weighted by Crippen LogP contribution is 2.27. The molecule has 0 aromatic carbocycles. The van der Waals surface area contributed by atoms with Crippen molar-refractivity contribution >= 4 is 23.5 Å². The SMILES string of the molecule is C[C@H](NC(=O)[C@@H](NC(=O)[C@@H]1CC(=O)CN1)C1CCCCC1)C(N)=O. The van der Waals surface area contributed by atoms with Crippen LogP contribution in [0.2, 0.25) is 0 Å². The van der Waals surface area contributed by atoms with Gasteiger partial charge in [0, 0.05) is 6.42 Å². The summed E-state index contributed by atoms with van der Waals surface area (Å²) in [6.45, 7) is 1.69. The largest absolute Gasteiger partial charge is 0.368 e. The van der Waals surface area contributed by atoms with Gasteiger partial charge in [-0.15, -0.1) is 0 Å². The Labute approximate surface area is 141 Å². The molecule has 0 unspecified atom stereocenters. The highest BCUT2D eigenvalue weighted by atomic mass is 16.2. The van der Waals surface area contributed by atoms with E-state index in [1.165, 1.54) is 6.92 Å². The topological polar surface area (TPSA) is 130 Å². The van der Waals surface area contributed by atoms with Crippen LogP contribution in [0.15, 0.2) is 0 Å². The molecular weight excluding hydrogens is 312 g/mol. The molecule has 0 bridgehead atoms. The summed E-state index contributed by atoms with van der Waals surface area (Å²) in [6.07, 6.45) is 4.98. The number of carbonyl (C=O) groups excluding carboxylic acids is 4. The first-order valence-electron chi connectivity index (χ1n) is 8.53. The Bertz CT molecular complexity index is 516. The molecule has 1 heterocycles. The summed E-state index contributed by atoms with van der Waals surface area (Å²) in [6, 6.07) is -2.10. The standard InChI is InChI=1S/C16H26N4O4/c1-9(14(17)22)19-16(24)13(10-5-3-2-4-6-10)20-15(23)12-7-11(21)8-18-12/h9-10,12-13,18H,2-8H2,1H3,(H2,17,22)(H,19,24)(H,20,23)/t9-,12-,13-/m0/s1. The molecule has 2 aliphatic rings. The van der Waals surface area contributed by atoms with Crippen LogP contribution in [-0.4, -0.2) is 48.2 Å². The summed E-state index contributed by atoms with van der Waals surface area (Å²) in [5, 5.41) is 8.19. The van der Waals surface area contributed by atoms with E-state index in [2.05, 4.69) is 16.0 Å². The smallest absolute Gasteiger partial charge is 0.243 e. The van der Waals surface area contributed by atoms with Gasteiger partial charge in [-0.2, -0.15) is 0 Å². The van der Waals surface area contributed by atoms with Gasteiger partial charge >= 0.3 is 0 Å². The Morgan fingerprint density at radius 3 is 2.38 bits per heavy atom.